The lowest BCUT2D eigenvalue weighted by Gasteiger charge is -2.09. The molecule has 32 heavy (non-hydrogen) atoms. The van der Waals surface area contributed by atoms with E-state index < -0.39 is 0 Å². The lowest BCUT2D eigenvalue weighted by molar-refractivity contribution is 0.630. The Morgan fingerprint density at radius 1 is 1.16 bits per heavy atom. The molecule has 0 radical (unpaired) electrons. The number of halogens is 1. The number of aromatic nitrogens is 7. The lowest BCUT2D eigenvalue weighted by Crippen LogP contribution is -2.03. The molecule has 0 spiro atoms. The van der Waals surface area contributed by atoms with E-state index in [4.69, 9.17) is 4.98 Å². The molecule has 5 aromatic rings. The molecule has 8 heteroatoms. The van der Waals surface area contributed by atoms with Gasteiger partial charge in [0, 0.05) is 36.3 Å². The third kappa shape index (κ3) is 3.19. The smallest absolute Gasteiger partial charge is 0.181 e. The molecular weight excluding hydrogens is 405 g/mol. The molecule has 0 unspecified atom stereocenters. The first kappa shape index (κ1) is 18.9. The number of fused-ring (bicyclic) bond motifs is 1. The van der Waals surface area contributed by atoms with Crippen LogP contribution >= 0.6 is 0 Å². The van der Waals surface area contributed by atoms with Gasteiger partial charge >= 0.3 is 0 Å². The van der Waals surface area contributed by atoms with Crippen molar-refractivity contribution in [3.63, 3.8) is 0 Å². The third-order valence-electron chi connectivity index (χ3n) is 6.13. The zero-order valence-corrected chi connectivity index (χ0v) is 17.9. The van der Waals surface area contributed by atoms with Crippen LogP contribution in [-0.4, -0.2) is 34.9 Å². The Morgan fingerprint density at radius 3 is 2.78 bits per heavy atom. The standard InChI is InChI=1S/C24H22FN7/c1-13-11-26-24(28-13)17-7-5-16(9-19(17)25)23-29-21(32(2)31-23)10-15-6-8-20-18(12-27-30-20)22(15)14-3-4-14/h5-9,11-12,14H,3-4,10H2,1-2H3,(H,26,28)(H,27,30). The summed E-state index contributed by atoms with van der Waals surface area (Å²) in [4.78, 5) is 12.0. The molecule has 1 aliphatic rings. The fourth-order valence-corrected chi connectivity index (χ4v) is 4.35. The zero-order chi connectivity index (χ0) is 21.8. The molecule has 0 bridgehead atoms. The van der Waals surface area contributed by atoms with E-state index in [9.17, 15) is 4.39 Å². The van der Waals surface area contributed by atoms with Gasteiger partial charge in [0.05, 0.1) is 17.3 Å². The van der Waals surface area contributed by atoms with Crippen molar-refractivity contribution in [1.29, 1.82) is 0 Å². The Morgan fingerprint density at radius 2 is 2.03 bits per heavy atom. The highest BCUT2D eigenvalue weighted by atomic mass is 19.1. The Bertz CT molecular complexity index is 1450. The normalized spacial score (nSPS) is 13.8. The zero-order valence-electron chi connectivity index (χ0n) is 17.9. The molecule has 1 fully saturated rings. The van der Waals surface area contributed by atoms with Gasteiger partial charge in [-0.2, -0.15) is 10.2 Å². The molecule has 2 aromatic carbocycles. The number of aryl methyl sites for hydroxylation is 2. The first-order valence-corrected chi connectivity index (χ1v) is 10.7. The molecule has 0 amide bonds. The van der Waals surface area contributed by atoms with E-state index in [1.807, 2.05) is 26.2 Å². The Kier molecular flexibility index (Phi) is 4.21. The van der Waals surface area contributed by atoms with E-state index in [2.05, 4.69) is 37.4 Å². The van der Waals surface area contributed by atoms with Crippen molar-refractivity contribution in [1.82, 2.24) is 34.9 Å². The van der Waals surface area contributed by atoms with Crippen LogP contribution in [0.4, 0.5) is 4.39 Å². The molecule has 2 N–H and O–H groups in total. The van der Waals surface area contributed by atoms with Crippen LogP contribution in [0.3, 0.4) is 0 Å². The van der Waals surface area contributed by atoms with Gasteiger partial charge in [-0.3, -0.25) is 9.78 Å². The first-order chi connectivity index (χ1) is 15.6. The van der Waals surface area contributed by atoms with Crippen LogP contribution in [-0.2, 0) is 13.5 Å². The number of imidazole rings is 1. The highest BCUT2D eigenvalue weighted by molar-refractivity contribution is 5.84. The van der Waals surface area contributed by atoms with Crippen molar-refractivity contribution in [3.8, 4) is 22.8 Å². The minimum absolute atomic E-state index is 0.354. The number of benzene rings is 2. The third-order valence-corrected chi connectivity index (χ3v) is 6.13. The molecule has 6 rings (SSSR count). The van der Waals surface area contributed by atoms with Gasteiger partial charge < -0.3 is 4.98 Å². The Labute approximate surface area is 183 Å². The maximum Gasteiger partial charge on any atom is 0.181 e. The molecule has 3 heterocycles. The van der Waals surface area contributed by atoms with Crippen molar-refractivity contribution in [2.24, 2.45) is 7.05 Å². The summed E-state index contributed by atoms with van der Waals surface area (Å²) in [5.74, 6) is 2.11. The molecule has 160 valence electrons. The summed E-state index contributed by atoms with van der Waals surface area (Å²) in [6.07, 6.45) is 6.69. The van der Waals surface area contributed by atoms with Crippen LogP contribution in [0.25, 0.3) is 33.7 Å². The van der Waals surface area contributed by atoms with E-state index in [1.54, 1.807) is 16.9 Å². The van der Waals surface area contributed by atoms with Gasteiger partial charge in [-0.05, 0) is 55.0 Å². The molecule has 3 aromatic heterocycles. The molecule has 1 aliphatic carbocycles. The second-order valence-electron chi connectivity index (χ2n) is 8.51. The van der Waals surface area contributed by atoms with Crippen LogP contribution in [0.15, 0.2) is 42.7 Å². The quantitative estimate of drug-likeness (QED) is 0.427. The molecule has 0 aliphatic heterocycles. The highest BCUT2D eigenvalue weighted by Crippen LogP contribution is 2.45. The van der Waals surface area contributed by atoms with Crippen LogP contribution in [0.2, 0.25) is 0 Å². The SMILES string of the molecule is Cc1cnc(-c2ccc(-c3nc(Cc4ccc5[nH]ncc5c4C4CC4)n(C)n3)cc2F)[nH]1. The molecule has 1 saturated carbocycles. The van der Waals surface area contributed by atoms with E-state index >= 15 is 0 Å². The van der Waals surface area contributed by atoms with Gasteiger partial charge in [-0.1, -0.05) is 12.1 Å². The van der Waals surface area contributed by atoms with Crippen molar-refractivity contribution in [3.05, 3.63) is 71.2 Å². The number of rotatable bonds is 5. The second-order valence-corrected chi connectivity index (χ2v) is 8.51. The predicted molar refractivity (Wildman–Crippen MR) is 120 cm³/mol. The highest BCUT2D eigenvalue weighted by Gasteiger charge is 2.29. The van der Waals surface area contributed by atoms with Crippen LogP contribution in [0, 0.1) is 12.7 Å². The van der Waals surface area contributed by atoms with E-state index in [-0.39, 0.29) is 5.82 Å². The molecule has 0 atom stereocenters. The van der Waals surface area contributed by atoms with Gasteiger partial charge in [0.15, 0.2) is 5.82 Å². The van der Waals surface area contributed by atoms with Gasteiger partial charge in [0.25, 0.3) is 0 Å². The minimum Gasteiger partial charge on any atom is -0.342 e. The van der Waals surface area contributed by atoms with Crippen LogP contribution in [0.5, 0.6) is 0 Å². The number of hydrogen-bond donors (Lipinski definition) is 2. The van der Waals surface area contributed by atoms with Gasteiger partial charge in [0.2, 0.25) is 0 Å². The van der Waals surface area contributed by atoms with Gasteiger partial charge in [0.1, 0.15) is 17.5 Å². The monoisotopic (exact) mass is 427 g/mol. The number of H-pyrrole nitrogens is 2. The summed E-state index contributed by atoms with van der Waals surface area (Å²) in [6, 6.07) is 9.26. The van der Waals surface area contributed by atoms with Crippen molar-refractivity contribution in [2.45, 2.75) is 32.1 Å². The maximum atomic E-state index is 14.8. The number of hydrogen-bond acceptors (Lipinski definition) is 4. The minimum atomic E-state index is -0.354. The fourth-order valence-electron chi connectivity index (χ4n) is 4.35. The maximum absolute atomic E-state index is 14.8. The second kappa shape index (κ2) is 7.12. The molecule has 7 nitrogen and oxygen atoms in total. The van der Waals surface area contributed by atoms with Crippen molar-refractivity contribution >= 4 is 10.9 Å². The van der Waals surface area contributed by atoms with Crippen molar-refractivity contribution < 1.29 is 4.39 Å². The number of aromatic amines is 2. The van der Waals surface area contributed by atoms with E-state index in [0.717, 1.165) is 17.0 Å². The summed E-state index contributed by atoms with van der Waals surface area (Å²) in [5.41, 5.74) is 5.64. The predicted octanol–water partition coefficient (Wildman–Crippen LogP) is 4.66. The van der Waals surface area contributed by atoms with Crippen LogP contribution < -0.4 is 0 Å². The molecule has 0 saturated heterocycles. The summed E-state index contributed by atoms with van der Waals surface area (Å²) in [5, 5.41) is 13.0. The number of nitrogens with one attached hydrogen (secondary N) is 2. The summed E-state index contributed by atoms with van der Waals surface area (Å²) in [6.45, 7) is 1.89. The first-order valence-electron chi connectivity index (χ1n) is 10.7. The average Bonchev–Trinajstić information content (AvgIpc) is 3.15. The Balaban J connectivity index is 1.33. The van der Waals surface area contributed by atoms with E-state index in [1.165, 1.54) is 35.4 Å². The number of nitrogens with zero attached hydrogens (tertiary/aromatic N) is 5. The average molecular weight is 427 g/mol. The summed E-state index contributed by atoms with van der Waals surface area (Å²) < 4.78 is 16.6. The Hall–Kier alpha value is -3.81. The van der Waals surface area contributed by atoms with Crippen molar-refractivity contribution in [2.75, 3.05) is 0 Å². The lowest BCUT2D eigenvalue weighted by atomic mass is 9.96. The molecular formula is C24H22FN7. The largest absolute Gasteiger partial charge is 0.342 e. The van der Waals surface area contributed by atoms with Gasteiger partial charge in [-0.15, -0.1) is 0 Å². The summed E-state index contributed by atoms with van der Waals surface area (Å²) >= 11 is 0. The fraction of sp³-hybridized carbons (Fsp3) is 0.250. The van der Waals surface area contributed by atoms with Gasteiger partial charge in [-0.25, -0.2) is 14.4 Å². The summed E-state index contributed by atoms with van der Waals surface area (Å²) in [7, 11) is 1.88. The van der Waals surface area contributed by atoms with E-state index in [0.29, 0.717) is 35.1 Å². The van der Waals surface area contributed by atoms with Crippen LogP contribution in [0.1, 0.15) is 41.4 Å². The topological polar surface area (TPSA) is 88.1 Å².